The molecule has 0 amide bonds. The number of hydrogen-bond donors (Lipinski definition) is 0. The summed E-state index contributed by atoms with van der Waals surface area (Å²) in [4.78, 5) is 4.50. The van der Waals surface area contributed by atoms with Gasteiger partial charge in [-0.15, -0.1) is 0 Å². The SMILES string of the molecule is [CH]1CCn2c1nc1ccccc12. The Morgan fingerprint density at radius 1 is 1.25 bits per heavy atom. The number of aryl methyl sites for hydroxylation is 1. The highest BCUT2D eigenvalue weighted by molar-refractivity contribution is 5.76. The zero-order valence-corrected chi connectivity index (χ0v) is 6.70. The predicted molar refractivity (Wildman–Crippen MR) is 47.8 cm³/mol. The van der Waals surface area contributed by atoms with Gasteiger partial charge in [0.05, 0.1) is 11.0 Å². The zero-order valence-electron chi connectivity index (χ0n) is 6.70. The first kappa shape index (κ1) is 6.23. The van der Waals surface area contributed by atoms with Crippen molar-refractivity contribution in [2.24, 2.45) is 0 Å². The minimum Gasteiger partial charge on any atom is -0.328 e. The molecule has 0 saturated heterocycles. The van der Waals surface area contributed by atoms with Gasteiger partial charge < -0.3 is 4.57 Å². The predicted octanol–water partition coefficient (Wildman–Crippen LogP) is 1.99. The van der Waals surface area contributed by atoms with E-state index in [9.17, 15) is 0 Å². The Labute approximate surface area is 70.8 Å². The number of aromatic nitrogens is 2. The van der Waals surface area contributed by atoms with Crippen molar-refractivity contribution in [2.75, 3.05) is 0 Å². The summed E-state index contributed by atoms with van der Waals surface area (Å²) in [7, 11) is 0. The van der Waals surface area contributed by atoms with Crippen molar-refractivity contribution >= 4 is 11.0 Å². The van der Waals surface area contributed by atoms with E-state index in [1.807, 2.05) is 6.07 Å². The third-order valence-electron chi connectivity index (χ3n) is 2.36. The number of nitrogens with zero attached hydrogens (tertiary/aromatic N) is 2. The number of imidazole rings is 1. The van der Waals surface area contributed by atoms with Crippen molar-refractivity contribution in [3.05, 3.63) is 36.5 Å². The second-order valence-corrected chi connectivity index (χ2v) is 3.10. The smallest absolute Gasteiger partial charge is 0.113 e. The lowest BCUT2D eigenvalue weighted by atomic mass is 10.3. The molecular weight excluding hydrogens is 148 g/mol. The van der Waals surface area contributed by atoms with E-state index < -0.39 is 0 Å². The molecule has 1 aliphatic heterocycles. The van der Waals surface area contributed by atoms with Crippen LogP contribution < -0.4 is 0 Å². The average molecular weight is 157 g/mol. The van der Waals surface area contributed by atoms with E-state index in [2.05, 4.69) is 34.2 Å². The molecule has 0 spiro atoms. The van der Waals surface area contributed by atoms with Crippen LogP contribution in [-0.2, 0) is 6.54 Å². The molecule has 3 rings (SSSR count). The summed E-state index contributed by atoms with van der Waals surface area (Å²) in [6.45, 7) is 1.09. The maximum atomic E-state index is 4.50. The highest BCUT2D eigenvalue weighted by Gasteiger charge is 2.14. The van der Waals surface area contributed by atoms with Gasteiger partial charge in [-0.3, -0.25) is 0 Å². The van der Waals surface area contributed by atoms with Gasteiger partial charge >= 0.3 is 0 Å². The maximum absolute atomic E-state index is 4.50. The van der Waals surface area contributed by atoms with Crippen molar-refractivity contribution in [2.45, 2.75) is 13.0 Å². The lowest BCUT2D eigenvalue weighted by Gasteiger charge is -1.95. The molecule has 1 radical (unpaired) electrons. The number of rotatable bonds is 0. The van der Waals surface area contributed by atoms with Crippen LogP contribution in [-0.4, -0.2) is 9.55 Å². The van der Waals surface area contributed by atoms with Gasteiger partial charge in [-0.05, 0) is 18.6 Å². The largest absolute Gasteiger partial charge is 0.328 e. The normalized spacial score (nSPS) is 15.3. The quantitative estimate of drug-likeness (QED) is 0.571. The first-order valence-electron chi connectivity index (χ1n) is 4.23. The van der Waals surface area contributed by atoms with Crippen LogP contribution in [0, 0.1) is 6.42 Å². The first-order valence-corrected chi connectivity index (χ1v) is 4.23. The summed E-state index contributed by atoms with van der Waals surface area (Å²) < 4.78 is 2.27. The summed E-state index contributed by atoms with van der Waals surface area (Å²) in [5.41, 5.74) is 2.38. The zero-order chi connectivity index (χ0) is 7.97. The van der Waals surface area contributed by atoms with E-state index in [4.69, 9.17) is 0 Å². The fraction of sp³-hybridized carbons (Fsp3) is 0.200. The third-order valence-corrected chi connectivity index (χ3v) is 2.36. The monoisotopic (exact) mass is 157 g/mol. The molecule has 0 saturated carbocycles. The molecular formula is C10H9N2. The van der Waals surface area contributed by atoms with Crippen molar-refractivity contribution in [3.63, 3.8) is 0 Å². The van der Waals surface area contributed by atoms with Crippen LogP contribution in [0.4, 0.5) is 0 Å². The molecule has 1 aromatic carbocycles. The standard InChI is InChI=1S/C10H9N2/c1-2-5-9-8(4-1)11-10-6-3-7-12(9)10/h1-2,4-6H,3,7H2. The fourth-order valence-electron chi connectivity index (χ4n) is 1.81. The maximum Gasteiger partial charge on any atom is 0.113 e. The van der Waals surface area contributed by atoms with Crippen LogP contribution in [0.15, 0.2) is 24.3 Å². The van der Waals surface area contributed by atoms with Gasteiger partial charge in [-0.2, -0.15) is 0 Å². The van der Waals surface area contributed by atoms with Crippen LogP contribution in [0.1, 0.15) is 12.2 Å². The van der Waals surface area contributed by atoms with Gasteiger partial charge in [0.25, 0.3) is 0 Å². The van der Waals surface area contributed by atoms with Crippen molar-refractivity contribution in [1.82, 2.24) is 9.55 Å². The Bertz CT molecular complexity index is 428. The van der Waals surface area contributed by atoms with E-state index in [-0.39, 0.29) is 0 Å². The average Bonchev–Trinajstić information content (AvgIpc) is 2.62. The third kappa shape index (κ3) is 0.670. The van der Waals surface area contributed by atoms with Gasteiger partial charge in [0.2, 0.25) is 0 Å². The Kier molecular flexibility index (Phi) is 1.09. The van der Waals surface area contributed by atoms with Crippen molar-refractivity contribution < 1.29 is 0 Å². The summed E-state index contributed by atoms with van der Waals surface area (Å²) in [5, 5.41) is 0. The summed E-state index contributed by atoms with van der Waals surface area (Å²) in [6, 6.07) is 8.29. The molecule has 0 N–H and O–H groups in total. The van der Waals surface area contributed by atoms with Crippen molar-refractivity contribution in [3.8, 4) is 0 Å². The molecule has 0 aliphatic carbocycles. The van der Waals surface area contributed by atoms with E-state index in [0.717, 1.165) is 24.3 Å². The van der Waals surface area contributed by atoms with Crippen LogP contribution in [0.25, 0.3) is 11.0 Å². The minimum atomic E-state index is 1.09. The Hall–Kier alpha value is -1.31. The summed E-state index contributed by atoms with van der Waals surface area (Å²) in [6.07, 6.45) is 3.33. The molecule has 2 nitrogen and oxygen atoms in total. The van der Waals surface area contributed by atoms with Crippen LogP contribution in [0.2, 0.25) is 0 Å². The van der Waals surface area contributed by atoms with Gasteiger partial charge in [0, 0.05) is 13.0 Å². The number of hydrogen-bond acceptors (Lipinski definition) is 1. The molecule has 2 aromatic rings. The van der Waals surface area contributed by atoms with E-state index in [0.29, 0.717) is 0 Å². The van der Waals surface area contributed by atoms with Crippen LogP contribution >= 0.6 is 0 Å². The molecule has 0 unspecified atom stereocenters. The van der Waals surface area contributed by atoms with Gasteiger partial charge in [0.1, 0.15) is 5.82 Å². The second-order valence-electron chi connectivity index (χ2n) is 3.10. The van der Waals surface area contributed by atoms with Gasteiger partial charge in [0.15, 0.2) is 0 Å². The van der Waals surface area contributed by atoms with Gasteiger partial charge in [-0.1, -0.05) is 12.1 Å². The Morgan fingerprint density at radius 2 is 2.17 bits per heavy atom. The second kappa shape index (κ2) is 2.09. The molecule has 2 heteroatoms. The first-order chi connectivity index (χ1) is 5.95. The van der Waals surface area contributed by atoms with E-state index in [1.165, 1.54) is 5.52 Å². The topological polar surface area (TPSA) is 17.8 Å². The highest BCUT2D eigenvalue weighted by atomic mass is 15.1. The van der Waals surface area contributed by atoms with Gasteiger partial charge in [-0.25, -0.2) is 4.98 Å². The molecule has 12 heavy (non-hydrogen) atoms. The summed E-state index contributed by atoms with van der Waals surface area (Å²) >= 11 is 0. The summed E-state index contributed by atoms with van der Waals surface area (Å²) in [5.74, 6) is 1.14. The highest BCUT2D eigenvalue weighted by Crippen LogP contribution is 2.22. The number of benzene rings is 1. The molecule has 0 bridgehead atoms. The molecule has 59 valence electrons. The minimum absolute atomic E-state index is 1.09. The Balaban J connectivity index is 2.44. The fourth-order valence-corrected chi connectivity index (χ4v) is 1.81. The molecule has 1 aliphatic rings. The van der Waals surface area contributed by atoms with Crippen LogP contribution in [0.5, 0.6) is 0 Å². The molecule has 0 fully saturated rings. The van der Waals surface area contributed by atoms with Crippen LogP contribution in [0.3, 0.4) is 0 Å². The lowest BCUT2D eigenvalue weighted by Crippen LogP contribution is -1.90. The Morgan fingerprint density at radius 3 is 3.17 bits per heavy atom. The number of fused-ring (bicyclic) bond motifs is 3. The lowest BCUT2D eigenvalue weighted by molar-refractivity contribution is 0.786. The molecule has 1 aromatic heterocycles. The van der Waals surface area contributed by atoms with E-state index in [1.54, 1.807) is 0 Å². The van der Waals surface area contributed by atoms with Crippen molar-refractivity contribution in [1.29, 1.82) is 0 Å². The van der Waals surface area contributed by atoms with E-state index >= 15 is 0 Å². The molecule has 0 atom stereocenters. The number of para-hydroxylation sites is 2. The molecule has 2 heterocycles.